The Balaban J connectivity index is 4.12. The van der Waals surface area contributed by atoms with Crippen LogP contribution in [0, 0.1) is 5.41 Å². The number of rotatable bonds is 7. The molecule has 0 radical (unpaired) electrons. The number of carbonyl (C=O) groups excluding carboxylic acids is 1. The second kappa shape index (κ2) is 6.89. The van der Waals surface area contributed by atoms with Gasteiger partial charge in [0.05, 0.1) is 0 Å². The second-order valence-electron chi connectivity index (χ2n) is 5.31. The monoisotopic (exact) mass is 229 g/mol. The highest BCUT2D eigenvalue weighted by atomic mass is 16.5. The molecule has 0 rings (SSSR count). The summed E-state index contributed by atoms with van der Waals surface area (Å²) in [7, 11) is 0. The van der Waals surface area contributed by atoms with Gasteiger partial charge >= 0.3 is 5.97 Å². The summed E-state index contributed by atoms with van der Waals surface area (Å²) in [4.78, 5) is 11.4. The number of hydrogen-bond acceptors (Lipinski definition) is 3. The lowest BCUT2D eigenvalue weighted by Gasteiger charge is -2.31. The Morgan fingerprint density at radius 2 is 1.88 bits per heavy atom. The highest BCUT2D eigenvalue weighted by Gasteiger charge is 2.29. The molecule has 0 aromatic carbocycles. The van der Waals surface area contributed by atoms with E-state index in [1.54, 1.807) is 6.92 Å². The van der Waals surface area contributed by atoms with Crippen LogP contribution < -0.4 is 5.73 Å². The molecule has 0 bridgehead atoms. The highest BCUT2D eigenvalue weighted by molar-refractivity contribution is 5.75. The minimum atomic E-state index is -0.533. The minimum absolute atomic E-state index is 0.0275. The van der Waals surface area contributed by atoms with Crippen molar-refractivity contribution < 1.29 is 9.53 Å². The molecule has 0 aliphatic carbocycles. The van der Waals surface area contributed by atoms with Crippen LogP contribution in [0.25, 0.3) is 0 Å². The summed E-state index contributed by atoms with van der Waals surface area (Å²) in [5.41, 5.74) is 5.50. The van der Waals surface area contributed by atoms with Crippen molar-refractivity contribution in [2.45, 2.75) is 72.4 Å². The van der Waals surface area contributed by atoms with Gasteiger partial charge in [-0.05, 0) is 20.3 Å². The molecule has 3 nitrogen and oxygen atoms in total. The van der Waals surface area contributed by atoms with Crippen molar-refractivity contribution in [3.05, 3.63) is 0 Å². The van der Waals surface area contributed by atoms with Crippen molar-refractivity contribution in [1.29, 1.82) is 0 Å². The van der Waals surface area contributed by atoms with Gasteiger partial charge in [0.25, 0.3) is 0 Å². The van der Waals surface area contributed by atoms with Crippen molar-refractivity contribution in [2.75, 3.05) is 0 Å². The molecule has 0 saturated carbocycles. The Labute approximate surface area is 99.7 Å². The molecular weight excluding hydrogens is 202 g/mol. The maximum atomic E-state index is 11.4. The number of unbranched alkanes of at least 4 members (excludes halogenated alkanes) is 2. The number of carbonyl (C=O) groups is 1. The Morgan fingerprint density at radius 3 is 2.31 bits per heavy atom. The number of esters is 1. The lowest BCUT2D eigenvalue weighted by atomic mass is 9.82. The van der Waals surface area contributed by atoms with Crippen molar-refractivity contribution in [3.8, 4) is 0 Å². The van der Waals surface area contributed by atoms with Crippen LogP contribution in [0.1, 0.15) is 60.3 Å². The van der Waals surface area contributed by atoms with E-state index in [2.05, 4.69) is 20.8 Å². The first-order chi connectivity index (χ1) is 7.31. The molecule has 3 heteroatoms. The predicted molar refractivity (Wildman–Crippen MR) is 67.1 cm³/mol. The molecule has 2 atom stereocenters. The standard InChI is InChI=1S/C13H27NO2/c1-6-7-8-9-13(4,5)11(3)16-12(15)10(2)14/h10-11H,6-9,14H2,1-5H3. The number of nitrogens with two attached hydrogens (primary N) is 1. The molecule has 2 N–H and O–H groups in total. The van der Waals surface area contributed by atoms with Gasteiger partial charge in [-0.3, -0.25) is 4.79 Å². The zero-order chi connectivity index (χ0) is 12.8. The first-order valence-electron chi connectivity index (χ1n) is 6.27. The molecule has 0 aromatic rings. The van der Waals surface area contributed by atoms with Gasteiger partial charge in [0.15, 0.2) is 0 Å². The molecule has 0 amide bonds. The van der Waals surface area contributed by atoms with Crippen molar-refractivity contribution in [1.82, 2.24) is 0 Å². The van der Waals surface area contributed by atoms with E-state index in [1.165, 1.54) is 19.3 Å². The van der Waals surface area contributed by atoms with Gasteiger partial charge in [-0.15, -0.1) is 0 Å². The maximum Gasteiger partial charge on any atom is 0.322 e. The summed E-state index contributed by atoms with van der Waals surface area (Å²) < 4.78 is 5.34. The molecular formula is C13H27NO2. The van der Waals surface area contributed by atoms with Crippen LogP contribution in [0.15, 0.2) is 0 Å². The van der Waals surface area contributed by atoms with Crippen LogP contribution in [0.2, 0.25) is 0 Å². The zero-order valence-corrected chi connectivity index (χ0v) is 11.4. The van der Waals surface area contributed by atoms with Crippen molar-refractivity contribution in [2.24, 2.45) is 11.1 Å². The van der Waals surface area contributed by atoms with Gasteiger partial charge in [-0.25, -0.2) is 0 Å². The van der Waals surface area contributed by atoms with Gasteiger partial charge in [0.1, 0.15) is 12.1 Å². The predicted octanol–water partition coefficient (Wildman–Crippen LogP) is 2.87. The third kappa shape index (κ3) is 5.50. The lowest BCUT2D eigenvalue weighted by Crippen LogP contribution is -2.37. The Morgan fingerprint density at radius 1 is 1.31 bits per heavy atom. The molecule has 96 valence electrons. The van der Waals surface area contributed by atoms with Gasteiger partial charge < -0.3 is 10.5 Å². The molecule has 0 aliphatic heterocycles. The first-order valence-corrected chi connectivity index (χ1v) is 6.27. The van der Waals surface area contributed by atoms with Gasteiger partial charge in [0, 0.05) is 5.41 Å². The maximum absolute atomic E-state index is 11.4. The topological polar surface area (TPSA) is 52.3 Å². The van der Waals surface area contributed by atoms with E-state index in [9.17, 15) is 4.79 Å². The first kappa shape index (κ1) is 15.4. The summed E-state index contributed by atoms with van der Waals surface area (Å²) in [6, 6.07) is -0.533. The molecule has 0 aromatic heterocycles. The van der Waals surface area contributed by atoms with Crippen molar-refractivity contribution >= 4 is 5.97 Å². The third-order valence-electron chi connectivity index (χ3n) is 3.19. The van der Waals surface area contributed by atoms with Crippen LogP contribution in [0.3, 0.4) is 0 Å². The molecule has 2 unspecified atom stereocenters. The molecule has 16 heavy (non-hydrogen) atoms. The number of ether oxygens (including phenoxy) is 1. The third-order valence-corrected chi connectivity index (χ3v) is 3.19. The molecule has 0 heterocycles. The summed E-state index contributed by atoms with van der Waals surface area (Å²) in [6.07, 6.45) is 4.63. The zero-order valence-electron chi connectivity index (χ0n) is 11.4. The average Bonchev–Trinajstić information content (AvgIpc) is 2.17. The summed E-state index contributed by atoms with van der Waals surface area (Å²) in [5.74, 6) is -0.309. The molecule has 0 spiro atoms. The molecule has 0 fully saturated rings. The van der Waals surface area contributed by atoms with Crippen LogP contribution in [0.4, 0.5) is 0 Å². The lowest BCUT2D eigenvalue weighted by molar-refractivity contribution is -0.155. The van der Waals surface area contributed by atoms with E-state index < -0.39 is 6.04 Å². The second-order valence-corrected chi connectivity index (χ2v) is 5.31. The van der Waals surface area contributed by atoms with E-state index in [4.69, 9.17) is 10.5 Å². The minimum Gasteiger partial charge on any atom is -0.461 e. The molecule has 0 aliphatic rings. The average molecular weight is 229 g/mol. The smallest absolute Gasteiger partial charge is 0.322 e. The Bertz CT molecular complexity index is 212. The summed E-state index contributed by atoms with van der Waals surface area (Å²) >= 11 is 0. The van der Waals surface area contributed by atoms with E-state index >= 15 is 0 Å². The van der Waals surface area contributed by atoms with Crippen molar-refractivity contribution in [3.63, 3.8) is 0 Å². The Kier molecular flexibility index (Phi) is 6.65. The summed E-state index contributed by atoms with van der Waals surface area (Å²) in [6.45, 7) is 10.1. The van der Waals surface area contributed by atoms with Gasteiger partial charge in [-0.1, -0.05) is 40.0 Å². The van der Waals surface area contributed by atoms with Gasteiger partial charge in [0.2, 0.25) is 0 Å². The van der Waals surface area contributed by atoms with E-state index in [-0.39, 0.29) is 17.5 Å². The fourth-order valence-corrected chi connectivity index (χ4v) is 1.47. The SMILES string of the molecule is CCCCCC(C)(C)C(C)OC(=O)C(C)N. The number of hydrogen-bond donors (Lipinski definition) is 1. The van der Waals surface area contributed by atoms with Crippen LogP contribution in [-0.4, -0.2) is 18.1 Å². The van der Waals surface area contributed by atoms with Crippen LogP contribution in [-0.2, 0) is 9.53 Å². The summed E-state index contributed by atoms with van der Waals surface area (Å²) in [5, 5.41) is 0. The quantitative estimate of drug-likeness (QED) is 0.539. The van der Waals surface area contributed by atoms with E-state index in [0.717, 1.165) is 6.42 Å². The molecule has 0 saturated heterocycles. The van der Waals surface area contributed by atoms with Gasteiger partial charge in [-0.2, -0.15) is 0 Å². The largest absolute Gasteiger partial charge is 0.461 e. The van der Waals surface area contributed by atoms with E-state index in [0.29, 0.717) is 0 Å². The normalized spacial score (nSPS) is 15.6. The fourth-order valence-electron chi connectivity index (χ4n) is 1.47. The van der Waals surface area contributed by atoms with Crippen LogP contribution in [0.5, 0.6) is 0 Å². The Hall–Kier alpha value is -0.570. The van der Waals surface area contributed by atoms with Crippen LogP contribution >= 0.6 is 0 Å². The fraction of sp³-hybridized carbons (Fsp3) is 0.923. The highest BCUT2D eigenvalue weighted by Crippen LogP contribution is 2.30. The van der Waals surface area contributed by atoms with E-state index in [1.807, 2.05) is 6.92 Å².